The fourth-order valence-electron chi connectivity index (χ4n) is 2.40. The lowest BCUT2D eigenvalue weighted by Crippen LogP contribution is -2.51. The van der Waals surface area contributed by atoms with Crippen LogP contribution in [-0.4, -0.2) is 56.5 Å². The first kappa shape index (κ1) is 15.2. The number of hydrogen-bond acceptors (Lipinski definition) is 4. The number of nitrogens with zero attached hydrogens (tertiary/aromatic N) is 2. The summed E-state index contributed by atoms with van der Waals surface area (Å²) in [5.74, 6) is 0.622. The fourth-order valence-corrected chi connectivity index (χ4v) is 2.40. The van der Waals surface area contributed by atoms with E-state index in [1.807, 2.05) is 24.3 Å². The van der Waals surface area contributed by atoms with Crippen LogP contribution in [0.15, 0.2) is 24.3 Å². The Morgan fingerprint density at radius 2 is 1.86 bits per heavy atom. The minimum atomic E-state index is -0.184. The number of rotatable bonds is 4. The average Bonchev–Trinajstić information content (AvgIpc) is 2.52. The molecule has 0 unspecified atom stereocenters. The van der Waals surface area contributed by atoms with Crippen LogP contribution in [0, 0.1) is 0 Å². The van der Waals surface area contributed by atoms with Crippen molar-refractivity contribution in [2.24, 2.45) is 0 Å². The van der Waals surface area contributed by atoms with Gasteiger partial charge < -0.3 is 19.9 Å². The second-order valence-electron chi connectivity index (χ2n) is 4.95. The topological polar surface area (TPSA) is 61.9 Å². The molecule has 2 rings (SSSR count). The maximum Gasteiger partial charge on any atom is 0.242 e. The monoisotopic (exact) mass is 291 g/mol. The maximum absolute atomic E-state index is 11.9. The Kier molecular flexibility index (Phi) is 5.03. The Morgan fingerprint density at radius 3 is 2.48 bits per heavy atom. The van der Waals surface area contributed by atoms with Gasteiger partial charge >= 0.3 is 0 Å². The Hall–Kier alpha value is -2.24. The highest BCUT2D eigenvalue weighted by atomic mass is 16.5. The van der Waals surface area contributed by atoms with Gasteiger partial charge in [0, 0.05) is 33.1 Å². The van der Waals surface area contributed by atoms with Crippen molar-refractivity contribution < 1.29 is 14.3 Å². The predicted octanol–water partition coefficient (Wildman–Crippen LogP) is 0.480. The van der Waals surface area contributed by atoms with E-state index in [9.17, 15) is 9.59 Å². The van der Waals surface area contributed by atoms with Crippen molar-refractivity contribution in [3.8, 4) is 5.75 Å². The third-order valence-corrected chi connectivity index (χ3v) is 3.55. The highest BCUT2D eigenvalue weighted by Crippen LogP contribution is 2.28. The van der Waals surface area contributed by atoms with Gasteiger partial charge in [0.1, 0.15) is 5.75 Å². The zero-order chi connectivity index (χ0) is 15.2. The van der Waals surface area contributed by atoms with Gasteiger partial charge in [-0.2, -0.15) is 0 Å². The third-order valence-electron chi connectivity index (χ3n) is 3.55. The molecule has 1 heterocycles. The van der Waals surface area contributed by atoms with Crippen LogP contribution < -0.4 is 15.0 Å². The molecule has 6 nitrogen and oxygen atoms in total. The van der Waals surface area contributed by atoms with Gasteiger partial charge in [-0.15, -0.1) is 0 Å². The molecule has 0 saturated carbocycles. The summed E-state index contributed by atoms with van der Waals surface area (Å²) in [6, 6.07) is 7.87. The van der Waals surface area contributed by atoms with Crippen LogP contribution in [0.1, 0.15) is 6.92 Å². The summed E-state index contributed by atoms with van der Waals surface area (Å²) in [5, 5.41) is 2.54. The smallest absolute Gasteiger partial charge is 0.242 e. The first-order valence-corrected chi connectivity index (χ1v) is 7.02. The Balaban J connectivity index is 1.91. The first-order valence-electron chi connectivity index (χ1n) is 7.02. The van der Waals surface area contributed by atoms with E-state index in [2.05, 4.69) is 10.2 Å². The quantitative estimate of drug-likeness (QED) is 0.876. The van der Waals surface area contributed by atoms with Gasteiger partial charge in [0.15, 0.2) is 0 Å². The van der Waals surface area contributed by atoms with Crippen molar-refractivity contribution in [3.05, 3.63) is 24.3 Å². The zero-order valence-electron chi connectivity index (χ0n) is 12.5. The lowest BCUT2D eigenvalue weighted by atomic mass is 10.2. The number of carbonyl (C=O) groups excluding carboxylic acids is 2. The van der Waals surface area contributed by atoms with Crippen molar-refractivity contribution in [1.82, 2.24) is 10.2 Å². The molecule has 0 aromatic heterocycles. The summed E-state index contributed by atoms with van der Waals surface area (Å²) < 4.78 is 5.37. The molecular formula is C15H21N3O3. The molecule has 0 atom stereocenters. The van der Waals surface area contributed by atoms with E-state index in [0.29, 0.717) is 13.1 Å². The summed E-state index contributed by atoms with van der Waals surface area (Å²) in [6.07, 6.45) is 0. The Morgan fingerprint density at radius 1 is 1.19 bits per heavy atom. The lowest BCUT2D eigenvalue weighted by Gasteiger charge is -2.36. The van der Waals surface area contributed by atoms with E-state index in [0.717, 1.165) is 24.5 Å². The highest BCUT2D eigenvalue weighted by molar-refractivity contribution is 5.83. The standard InChI is InChI=1S/C15H21N3O3/c1-12(19)16-11-15(20)18-9-7-17(8-10-18)13-5-3-4-6-14(13)21-2/h3-6H,7-11H2,1-2H3,(H,16,19). The largest absolute Gasteiger partial charge is 0.495 e. The van der Waals surface area contributed by atoms with E-state index in [1.54, 1.807) is 12.0 Å². The molecule has 1 aromatic rings. The van der Waals surface area contributed by atoms with Crippen LogP contribution in [-0.2, 0) is 9.59 Å². The van der Waals surface area contributed by atoms with Crippen LogP contribution in [0.3, 0.4) is 0 Å². The van der Waals surface area contributed by atoms with Crippen LogP contribution >= 0.6 is 0 Å². The average molecular weight is 291 g/mol. The number of hydrogen-bond donors (Lipinski definition) is 1. The normalized spacial score (nSPS) is 14.8. The number of ether oxygens (including phenoxy) is 1. The van der Waals surface area contributed by atoms with Gasteiger partial charge in [0.05, 0.1) is 19.3 Å². The minimum absolute atomic E-state index is 0.0372. The van der Waals surface area contributed by atoms with E-state index < -0.39 is 0 Å². The summed E-state index contributed by atoms with van der Waals surface area (Å²) in [4.78, 5) is 26.8. The molecule has 0 radical (unpaired) electrons. The lowest BCUT2D eigenvalue weighted by molar-refractivity contribution is -0.132. The molecule has 1 aromatic carbocycles. The summed E-state index contributed by atoms with van der Waals surface area (Å²) >= 11 is 0. The molecule has 0 aliphatic carbocycles. The van der Waals surface area contributed by atoms with E-state index >= 15 is 0 Å². The SMILES string of the molecule is COc1ccccc1N1CCN(C(=O)CNC(C)=O)CC1. The Labute approximate surface area is 124 Å². The molecule has 114 valence electrons. The van der Waals surface area contributed by atoms with Crippen LogP contribution in [0.5, 0.6) is 5.75 Å². The zero-order valence-corrected chi connectivity index (χ0v) is 12.5. The van der Waals surface area contributed by atoms with Gasteiger partial charge in [-0.25, -0.2) is 0 Å². The number of benzene rings is 1. The highest BCUT2D eigenvalue weighted by Gasteiger charge is 2.22. The van der Waals surface area contributed by atoms with Gasteiger partial charge in [-0.1, -0.05) is 12.1 Å². The molecule has 6 heteroatoms. The second kappa shape index (κ2) is 6.97. The molecule has 2 amide bonds. The molecule has 1 fully saturated rings. The van der Waals surface area contributed by atoms with Gasteiger partial charge in [0.25, 0.3) is 0 Å². The first-order chi connectivity index (χ1) is 10.1. The van der Waals surface area contributed by atoms with Crippen molar-refractivity contribution in [1.29, 1.82) is 0 Å². The number of anilines is 1. The number of amides is 2. The number of para-hydroxylation sites is 2. The third kappa shape index (κ3) is 3.87. The van der Waals surface area contributed by atoms with E-state index in [-0.39, 0.29) is 18.4 Å². The van der Waals surface area contributed by atoms with Crippen LogP contribution in [0.2, 0.25) is 0 Å². The molecule has 1 N–H and O–H groups in total. The molecule has 0 bridgehead atoms. The summed E-state index contributed by atoms with van der Waals surface area (Å²) in [6.45, 7) is 4.29. The number of carbonyl (C=O) groups is 2. The predicted molar refractivity (Wildman–Crippen MR) is 80.5 cm³/mol. The van der Waals surface area contributed by atoms with E-state index in [4.69, 9.17) is 4.74 Å². The molecule has 21 heavy (non-hydrogen) atoms. The van der Waals surface area contributed by atoms with Gasteiger partial charge in [-0.05, 0) is 12.1 Å². The molecule has 0 spiro atoms. The molecule has 1 aliphatic heterocycles. The van der Waals surface area contributed by atoms with Crippen molar-refractivity contribution in [2.75, 3.05) is 44.7 Å². The number of methoxy groups -OCH3 is 1. The van der Waals surface area contributed by atoms with Gasteiger partial charge in [0.2, 0.25) is 11.8 Å². The van der Waals surface area contributed by atoms with Gasteiger partial charge in [-0.3, -0.25) is 9.59 Å². The van der Waals surface area contributed by atoms with Crippen molar-refractivity contribution in [2.45, 2.75) is 6.92 Å². The van der Waals surface area contributed by atoms with E-state index in [1.165, 1.54) is 6.92 Å². The van der Waals surface area contributed by atoms with Crippen molar-refractivity contribution >= 4 is 17.5 Å². The molecule has 1 saturated heterocycles. The van der Waals surface area contributed by atoms with Crippen LogP contribution in [0.4, 0.5) is 5.69 Å². The Bertz CT molecular complexity index is 511. The summed E-state index contributed by atoms with van der Waals surface area (Å²) in [5.41, 5.74) is 1.05. The second-order valence-corrected chi connectivity index (χ2v) is 4.95. The van der Waals surface area contributed by atoms with Crippen molar-refractivity contribution in [3.63, 3.8) is 0 Å². The number of nitrogens with one attached hydrogen (secondary N) is 1. The molecule has 1 aliphatic rings. The molecular weight excluding hydrogens is 270 g/mol. The number of piperazine rings is 1. The maximum atomic E-state index is 11.9. The fraction of sp³-hybridized carbons (Fsp3) is 0.467. The summed E-state index contributed by atoms with van der Waals surface area (Å²) in [7, 11) is 1.66. The minimum Gasteiger partial charge on any atom is -0.495 e. The van der Waals surface area contributed by atoms with Crippen LogP contribution in [0.25, 0.3) is 0 Å².